The van der Waals surface area contributed by atoms with Gasteiger partial charge in [-0.3, -0.25) is 9.59 Å². The van der Waals surface area contributed by atoms with Crippen molar-refractivity contribution in [2.75, 3.05) is 5.75 Å². The average Bonchev–Trinajstić information content (AvgIpc) is 2.02. The van der Waals surface area contributed by atoms with Crippen LogP contribution in [0.4, 0.5) is 0 Å². The predicted molar refractivity (Wildman–Crippen MR) is 48.4 cm³/mol. The minimum atomic E-state index is -0.376. The molecule has 0 spiro atoms. The normalized spacial score (nSPS) is 15.5. The largest absolute Gasteiger partial charge is 0.507 e. The van der Waals surface area contributed by atoms with Crippen LogP contribution in [0.5, 0.6) is 5.75 Å². The Labute approximate surface area is 78.0 Å². The van der Waals surface area contributed by atoms with Crippen LogP contribution in [-0.2, 0) is 0 Å². The van der Waals surface area contributed by atoms with E-state index < -0.39 is 0 Å². The van der Waals surface area contributed by atoms with Gasteiger partial charge in [0.25, 0.3) is 5.56 Å². The molecule has 0 fully saturated rings. The summed E-state index contributed by atoms with van der Waals surface area (Å²) in [6, 6.07) is 1.03. The van der Waals surface area contributed by atoms with Crippen molar-refractivity contribution in [1.82, 2.24) is 4.98 Å². The van der Waals surface area contributed by atoms with Crippen LogP contribution in [0.2, 0.25) is 0 Å². The van der Waals surface area contributed by atoms with Crippen LogP contribution in [0.15, 0.2) is 15.9 Å². The van der Waals surface area contributed by atoms with Crippen LogP contribution in [0.25, 0.3) is 0 Å². The topological polar surface area (TPSA) is 70.2 Å². The van der Waals surface area contributed by atoms with Crippen molar-refractivity contribution in [2.24, 2.45) is 0 Å². The Balaban J connectivity index is 2.70. The van der Waals surface area contributed by atoms with Crippen molar-refractivity contribution in [3.63, 3.8) is 0 Å². The van der Waals surface area contributed by atoms with Gasteiger partial charge in [-0.1, -0.05) is 0 Å². The minimum absolute atomic E-state index is 0.109. The second-order valence-electron chi connectivity index (χ2n) is 2.74. The molecule has 68 valence electrons. The summed E-state index contributed by atoms with van der Waals surface area (Å²) < 4.78 is 0. The van der Waals surface area contributed by atoms with Gasteiger partial charge in [0.05, 0.1) is 10.6 Å². The first-order valence-corrected chi connectivity index (χ1v) is 4.79. The second-order valence-corrected chi connectivity index (χ2v) is 3.85. The zero-order chi connectivity index (χ0) is 9.42. The minimum Gasteiger partial charge on any atom is -0.507 e. The van der Waals surface area contributed by atoms with Gasteiger partial charge in [-0.05, 0) is 0 Å². The molecule has 0 aliphatic carbocycles. The molecule has 0 saturated carbocycles. The molecular weight excluding hydrogens is 190 g/mol. The van der Waals surface area contributed by atoms with Crippen molar-refractivity contribution in [3.05, 3.63) is 22.0 Å². The van der Waals surface area contributed by atoms with Gasteiger partial charge < -0.3 is 10.1 Å². The summed E-state index contributed by atoms with van der Waals surface area (Å²) in [5, 5.41) is 9.84. The highest BCUT2D eigenvalue weighted by Crippen LogP contribution is 2.31. The van der Waals surface area contributed by atoms with Gasteiger partial charge in [0, 0.05) is 18.2 Å². The van der Waals surface area contributed by atoms with Crippen molar-refractivity contribution >= 4 is 17.5 Å². The van der Waals surface area contributed by atoms with Crippen LogP contribution in [0, 0.1) is 0 Å². The number of fused-ring (bicyclic) bond motifs is 1. The number of ketones is 1. The fourth-order valence-electron chi connectivity index (χ4n) is 1.27. The van der Waals surface area contributed by atoms with Crippen LogP contribution >= 0.6 is 11.8 Å². The molecule has 0 radical (unpaired) electrons. The van der Waals surface area contributed by atoms with Gasteiger partial charge in [0.15, 0.2) is 5.78 Å². The summed E-state index contributed by atoms with van der Waals surface area (Å²) in [5.74, 6) is 0.337. The van der Waals surface area contributed by atoms with Gasteiger partial charge in [0.1, 0.15) is 5.75 Å². The van der Waals surface area contributed by atoms with Gasteiger partial charge in [-0.2, -0.15) is 0 Å². The first-order chi connectivity index (χ1) is 6.18. The summed E-state index contributed by atoms with van der Waals surface area (Å²) in [6.45, 7) is 0. The summed E-state index contributed by atoms with van der Waals surface area (Å²) in [6.07, 6.45) is 0.414. The monoisotopic (exact) mass is 197 g/mol. The van der Waals surface area contributed by atoms with Crippen molar-refractivity contribution in [1.29, 1.82) is 0 Å². The summed E-state index contributed by atoms with van der Waals surface area (Å²) in [7, 11) is 0. The highest BCUT2D eigenvalue weighted by molar-refractivity contribution is 7.99. The summed E-state index contributed by atoms with van der Waals surface area (Å²) >= 11 is 1.38. The molecule has 0 bridgehead atoms. The van der Waals surface area contributed by atoms with Crippen LogP contribution < -0.4 is 5.56 Å². The Morgan fingerprint density at radius 2 is 2.23 bits per heavy atom. The van der Waals surface area contributed by atoms with Gasteiger partial charge >= 0.3 is 0 Å². The third kappa shape index (κ3) is 1.35. The number of hydrogen-bond donors (Lipinski definition) is 2. The molecule has 1 aromatic rings. The molecule has 1 aromatic heterocycles. The van der Waals surface area contributed by atoms with E-state index in [-0.39, 0.29) is 22.7 Å². The van der Waals surface area contributed by atoms with Crippen molar-refractivity contribution < 1.29 is 9.90 Å². The number of hydrogen-bond acceptors (Lipinski definition) is 4. The molecule has 5 heteroatoms. The lowest BCUT2D eigenvalue weighted by Crippen LogP contribution is -2.15. The second kappa shape index (κ2) is 2.92. The van der Waals surface area contributed by atoms with E-state index in [9.17, 15) is 14.7 Å². The molecule has 0 atom stereocenters. The number of nitrogens with one attached hydrogen (secondary N) is 1. The molecule has 0 aromatic carbocycles. The van der Waals surface area contributed by atoms with Crippen LogP contribution in [0.3, 0.4) is 0 Å². The fourth-order valence-corrected chi connectivity index (χ4v) is 2.30. The number of aromatic hydroxyl groups is 1. The number of Topliss-reactive ketones (excluding diaryl/α,β-unsaturated/α-hetero) is 1. The maximum atomic E-state index is 11.3. The lowest BCUT2D eigenvalue weighted by molar-refractivity contribution is 0.0981. The lowest BCUT2D eigenvalue weighted by atomic mass is 10.1. The molecule has 2 heterocycles. The standard InChI is InChI=1S/C8H7NO3S/c10-4-1-2-13-8-7(4)5(11)3-6(12)9-8/h3H,1-2H2,(H2,9,11,12). The fraction of sp³-hybridized carbons (Fsp3) is 0.250. The Kier molecular flexibility index (Phi) is 1.88. The van der Waals surface area contributed by atoms with E-state index in [2.05, 4.69) is 4.98 Å². The number of carbonyl (C=O) groups excluding carboxylic acids is 1. The number of aromatic amines is 1. The van der Waals surface area contributed by atoms with E-state index in [0.29, 0.717) is 17.2 Å². The third-order valence-electron chi connectivity index (χ3n) is 1.84. The first-order valence-electron chi connectivity index (χ1n) is 3.81. The SMILES string of the molecule is O=C1CCSc2[nH]c(=O)cc(O)c21. The Morgan fingerprint density at radius 1 is 1.46 bits per heavy atom. The number of aromatic nitrogens is 1. The van der Waals surface area contributed by atoms with E-state index in [4.69, 9.17) is 0 Å². The quantitative estimate of drug-likeness (QED) is 0.644. The molecule has 4 nitrogen and oxygen atoms in total. The maximum Gasteiger partial charge on any atom is 0.252 e. The Hall–Kier alpha value is -1.23. The zero-order valence-corrected chi connectivity index (χ0v) is 7.48. The summed E-state index contributed by atoms with van der Waals surface area (Å²) in [5.41, 5.74) is -0.116. The maximum absolute atomic E-state index is 11.3. The van der Waals surface area contributed by atoms with E-state index in [0.717, 1.165) is 6.07 Å². The Bertz CT molecular complexity index is 424. The smallest absolute Gasteiger partial charge is 0.252 e. The molecule has 1 aliphatic rings. The van der Waals surface area contributed by atoms with Crippen LogP contribution in [-0.4, -0.2) is 21.6 Å². The average molecular weight is 197 g/mol. The number of carbonyl (C=O) groups is 1. The van der Waals surface area contributed by atoms with E-state index in [1.165, 1.54) is 11.8 Å². The lowest BCUT2D eigenvalue weighted by Gasteiger charge is -2.13. The molecule has 0 unspecified atom stereocenters. The molecule has 2 rings (SSSR count). The molecule has 13 heavy (non-hydrogen) atoms. The zero-order valence-electron chi connectivity index (χ0n) is 6.66. The molecule has 1 aliphatic heterocycles. The number of thioether (sulfide) groups is 1. The summed E-state index contributed by atoms with van der Waals surface area (Å²) in [4.78, 5) is 24.8. The third-order valence-corrected chi connectivity index (χ3v) is 2.85. The van der Waals surface area contributed by atoms with Gasteiger partial charge in [-0.25, -0.2) is 0 Å². The van der Waals surface area contributed by atoms with Gasteiger partial charge in [0.2, 0.25) is 0 Å². The molecular formula is C8H7NO3S. The number of pyridine rings is 1. The van der Waals surface area contributed by atoms with E-state index in [1.807, 2.05) is 0 Å². The number of H-pyrrole nitrogens is 1. The molecule has 0 saturated heterocycles. The van der Waals surface area contributed by atoms with E-state index in [1.54, 1.807) is 0 Å². The number of rotatable bonds is 0. The van der Waals surface area contributed by atoms with Gasteiger partial charge in [-0.15, -0.1) is 11.8 Å². The van der Waals surface area contributed by atoms with E-state index >= 15 is 0 Å². The highest BCUT2D eigenvalue weighted by atomic mass is 32.2. The van der Waals surface area contributed by atoms with Crippen molar-refractivity contribution in [3.8, 4) is 5.75 Å². The first kappa shape index (κ1) is 8.37. The predicted octanol–water partition coefficient (Wildman–Crippen LogP) is 0.759. The Morgan fingerprint density at radius 3 is 3.00 bits per heavy atom. The van der Waals surface area contributed by atoms with Crippen molar-refractivity contribution in [2.45, 2.75) is 11.4 Å². The molecule has 2 N–H and O–H groups in total. The molecule has 0 amide bonds. The van der Waals surface area contributed by atoms with Crippen LogP contribution in [0.1, 0.15) is 16.8 Å². The highest BCUT2D eigenvalue weighted by Gasteiger charge is 2.22.